The summed E-state index contributed by atoms with van der Waals surface area (Å²) in [7, 11) is 0. The molecule has 11 heteroatoms. The number of hydrogen-bond donors (Lipinski definition) is 2. The molecule has 0 aliphatic heterocycles. The van der Waals surface area contributed by atoms with Gasteiger partial charge in [-0.1, -0.05) is 16.8 Å². The largest absolute Gasteiger partial charge is 0.494 e. The molecule has 170 valence electrons. The highest BCUT2D eigenvalue weighted by atomic mass is 35.5. The van der Waals surface area contributed by atoms with Crippen LogP contribution in [0.25, 0.3) is 22.8 Å². The standard InChI is InChI=1S/C22H21ClN6O3S/c1-3-31-16-10-8-15(9-11-16)25-17(30)12-29-19(24)18(22(27-29)33-2)21-26-20(28-32-21)13-4-6-14(23)7-5-13/h4-11H,3,12,24H2,1-2H3,(H,25,30). The average molecular weight is 485 g/mol. The first-order chi connectivity index (χ1) is 16.0. The Balaban J connectivity index is 1.53. The van der Waals surface area contributed by atoms with Crippen molar-refractivity contribution in [1.29, 1.82) is 0 Å². The number of thioether (sulfide) groups is 1. The van der Waals surface area contributed by atoms with E-state index in [0.29, 0.717) is 33.7 Å². The number of carbonyl (C=O) groups excluding carboxylic acids is 1. The molecule has 0 radical (unpaired) electrons. The molecule has 0 fully saturated rings. The Hall–Kier alpha value is -3.50. The van der Waals surface area contributed by atoms with Crippen LogP contribution < -0.4 is 15.8 Å². The number of rotatable bonds is 8. The van der Waals surface area contributed by atoms with E-state index in [2.05, 4.69) is 20.6 Å². The number of nitrogens with zero attached hydrogens (tertiary/aromatic N) is 4. The molecule has 1 amide bonds. The zero-order chi connectivity index (χ0) is 23.4. The molecule has 0 unspecified atom stereocenters. The van der Waals surface area contributed by atoms with Crippen LogP contribution in [0, 0.1) is 0 Å². The molecule has 0 aliphatic carbocycles. The number of anilines is 2. The van der Waals surface area contributed by atoms with Crippen LogP contribution in [0.3, 0.4) is 0 Å². The van der Waals surface area contributed by atoms with Crippen LogP contribution in [0.15, 0.2) is 58.1 Å². The molecule has 0 atom stereocenters. The van der Waals surface area contributed by atoms with Gasteiger partial charge >= 0.3 is 0 Å². The summed E-state index contributed by atoms with van der Waals surface area (Å²) in [6.07, 6.45) is 1.85. The summed E-state index contributed by atoms with van der Waals surface area (Å²) in [6.45, 7) is 2.41. The predicted molar refractivity (Wildman–Crippen MR) is 128 cm³/mol. The van der Waals surface area contributed by atoms with Crippen molar-refractivity contribution in [1.82, 2.24) is 19.9 Å². The summed E-state index contributed by atoms with van der Waals surface area (Å²) in [4.78, 5) is 17.0. The second kappa shape index (κ2) is 9.97. The van der Waals surface area contributed by atoms with Crippen LogP contribution in [-0.4, -0.2) is 38.7 Å². The molecule has 4 aromatic rings. The lowest BCUT2D eigenvalue weighted by Gasteiger charge is -2.08. The van der Waals surface area contributed by atoms with E-state index in [1.807, 2.05) is 13.2 Å². The van der Waals surface area contributed by atoms with Gasteiger partial charge in [0.25, 0.3) is 5.89 Å². The molecule has 2 aromatic heterocycles. The van der Waals surface area contributed by atoms with E-state index in [-0.39, 0.29) is 24.2 Å². The van der Waals surface area contributed by atoms with Gasteiger partial charge in [-0.15, -0.1) is 11.8 Å². The molecule has 33 heavy (non-hydrogen) atoms. The van der Waals surface area contributed by atoms with Crippen molar-refractivity contribution < 1.29 is 14.1 Å². The Morgan fingerprint density at radius 3 is 2.61 bits per heavy atom. The van der Waals surface area contributed by atoms with E-state index in [4.69, 9.17) is 26.6 Å². The van der Waals surface area contributed by atoms with Gasteiger partial charge in [-0.05, 0) is 61.7 Å². The molecule has 0 saturated carbocycles. The van der Waals surface area contributed by atoms with Gasteiger partial charge in [0.2, 0.25) is 11.7 Å². The van der Waals surface area contributed by atoms with Gasteiger partial charge in [-0.3, -0.25) is 4.79 Å². The lowest BCUT2D eigenvalue weighted by molar-refractivity contribution is -0.116. The van der Waals surface area contributed by atoms with Crippen molar-refractivity contribution in [3.8, 4) is 28.6 Å². The van der Waals surface area contributed by atoms with Gasteiger partial charge in [-0.25, -0.2) is 4.68 Å². The number of ether oxygens (including phenoxy) is 1. The summed E-state index contributed by atoms with van der Waals surface area (Å²) in [5.41, 5.74) is 8.20. The molecule has 4 rings (SSSR count). The second-order valence-electron chi connectivity index (χ2n) is 6.86. The predicted octanol–water partition coefficient (Wildman–Crippen LogP) is 4.60. The van der Waals surface area contributed by atoms with Crippen molar-refractivity contribution in [2.45, 2.75) is 18.5 Å². The minimum absolute atomic E-state index is 0.0786. The lowest BCUT2D eigenvalue weighted by Crippen LogP contribution is -2.20. The Kier molecular flexibility index (Phi) is 6.85. The minimum Gasteiger partial charge on any atom is -0.494 e. The maximum atomic E-state index is 12.6. The number of carbonyl (C=O) groups is 1. The smallest absolute Gasteiger partial charge is 0.264 e. The number of nitrogens with one attached hydrogen (secondary N) is 1. The highest BCUT2D eigenvalue weighted by Gasteiger charge is 2.23. The van der Waals surface area contributed by atoms with Crippen LogP contribution in [0.4, 0.5) is 11.5 Å². The molecule has 0 bridgehead atoms. The molecular weight excluding hydrogens is 464 g/mol. The fourth-order valence-electron chi connectivity index (χ4n) is 3.10. The second-order valence-corrected chi connectivity index (χ2v) is 8.09. The summed E-state index contributed by atoms with van der Waals surface area (Å²) in [5, 5.41) is 12.5. The summed E-state index contributed by atoms with van der Waals surface area (Å²) in [6, 6.07) is 14.2. The Labute approximate surface area is 199 Å². The van der Waals surface area contributed by atoms with Gasteiger partial charge in [0.1, 0.15) is 28.7 Å². The van der Waals surface area contributed by atoms with Gasteiger partial charge in [-0.2, -0.15) is 10.1 Å². The van der Waals surface area contributed by atoms with E-state index in [9.17, 15) is 4.79 Å². The van der Waals surface area contributed by atoms with Crippen molar-refractivity contribution in [3.63, 3.8) is 0 Å². The molecule has 0 aliphatic rings. The van der Waals surface area contributed by atoms with Crippen LogP contribution in [0.2, 0.25) is 5.02 Å². The van der Waals surface area contributed by atoms with E-state index in [1.165, 1.54) is 16.4 Å². The maximum Gasteiger partial charge on any atom is 0.264 e. The number of nitrogen functional groups attached to an aromatic ring is 1. The van der Waals surface area contributed by atoms with Crippen molar-refractivity contribution >= 4 is 40.8 Å². The number of halogens is 1. The summed E-state index contributed by atoms with van der Waals surface area (Å²) >= 11 is 7.31. The Morgan fingerprint density at radius 2 is 1.94 bits per heavy atom. The number of benzene rings is 2. The van der Waals surface area contributed by atoms with Crippen molar-refractivity contribution in [2.24, 2.45) is 0 Å². The fraction of sp³-hybridized carbons (Fsp3) is 0.182. The number of nitrogens with two attached hydrogens (primary N) is 1. The van der Waals surface area contributed by atoms with E-state index >= 15 is 0 Å². The lowest BCUT2D eigenvalue weighted by atomic mass is 10.2. The number of hydrogen-bond acceptors (Lipinski definition) is 8. The monoisotopic (exact) mass is 484 g/mol. The van der Waals surface area contributed by atoms with Gasteiger partial charge in [0.15, 0.2) is 0 Å². The van der Waals surface area contributed by atoms with Crippen LogP contribution in [0.5, 0.6) is 5.75 Å². The summed E-state index contributed by atoms with van der Waals surface area (Å²) in [5.74, 6) is 1.33. The third-order valence-corrected chi connectivity index (χ3v) is 5.56. The first-order valence-electron chi connectivity index (χ1n) is 10.0. The van der Waals surface area contributed by atoms with Crippen LogP contribution in [0.1, 0.15) is 6.92 Å². The third-order valence-electron chi connectivity index (χ3n) is 4.64. The number of aromatic nitrogens is 4. The molecule has 2 heterocycles. The highest BCUT2D eigenvalue weighted by Crippen LogP contribution is 2.35. The first kappa shape index (κ1) is 22.7. The normalized spacial score (nSPS) is 10.9. The van der Waals surface area contributed by atoms with Gasteiger partial charge in [0, 0.05) is 16.3 Å². The Bertz CT molecular complexity index is 1250. The minimum atomic E-state index is -0.278. The quantitative estimate of drug-likeness (QED) is 0.348. The Morgan fingerprint density at radius 1 is 1.21 bits per heavy atom. The molecular formula is C22H21ClN6O3S. The van der Waals surface area contributed by atoms with E-state index < -0.39 is 0 Å². The third kappa shape index (κ3) is 5.12. The van der Waals surface area contributed by atoms with E-state index in [0.717, 1.165) is 11.3 Å². The molecule has 2 aromatic carbocycles. The zero-order valence-corrected chi connectivity index (χ0v) is 19.5. The van der Waals surface area contributed by atoms with Gasteiger partial charge in [0.05, 0.1) is 6.61 Å². The summed E-state index contributed by atoms with van der Waals surface area (Å²) < 4.78 is 12.3. The van der Waals surface area contributed by atoms with Gasteiger partial charge < -0.3 is 20.3 Å². The maximum absolute atomic E-state index is 12.6. The molecule has 0 saturated heterocycles. The van der Waals surface area contributed by atoms with Crippen molar-refractivity contribution in [3.05, 3.63) is 53.6 Å². The van der Waals surface area contributed by atoms with Crippen LogP contribution >= 0.6 is 23.4 Å². The molecule has 9 nitrogen and oxygen atoms in total. The highest BCUT2D eigenvalue weighted by molar-refractivity contribution is 7.98. The first-order valence-corrected chi connectivity index (χ1v) is 11.6. The molecule has 0 spiro atoms. The SMILES string of the molecule is CCOc1ccc(NC(=O)Cn2nc(SC)c(-c3nc(-c4ccc(Cl)cc4)no3)c2N)cc1. The average Bonchev–Trinajstić information content (AvgIpc) is 3.40. The fourth-order valence-corrected chi connectivity index (χ4v) is 3.80. The topological polar surface area (TPSA) is 121 Å². The number of amides is 1. The van der Waals surface area contributed by atoms with Crippen molar-refractivity contribution in [2.75, 3.05) is 23.9 Å². The molecule has 3 N–H and O–H groups in total. The van der Waals surface area contributed by atoms with Crippen LogP contribution in [-0.2, 0) is 11.3 Å². The zero-order valence-electron chi connectivity index (χ0n) is 17.9. The van der Waals surface area contributed by atoms with E-state index in [1.54, 1.807) is 48.5 Å².